The normalized spacial score (nSPS) is 15.4. The number of fused-ring (bicyclic) bond motifs is 1. The molecule has 156 valence electrons. The first-order valence-corrected chi connectivity index (χ1v) is 9.10. The molecule has 2 N–H and O–H groups in total. The number of aromatic nitrogens is 1. The highest BCUT2D eigenvalue weighted by molar-refractivity contribution is 14.0. The van der Waals surface area contributed by atoms with Crippen molar-refractivity contribution in [3.8, 4) is 5.75 Å². The first-order valence-electron chi connectivity index (χ1n) is 9.10. The molecule has 1 aliphatic rings. The number of guanidine groups is 1. The van der Waals surface area contributed by atoms with Gasteiger partial charge in [-0.2, -0.15) is 0 Å². The zero-order valence-corrected chi connectivity index (χ0v) is 18.7. The maximum atomic E-state index is 13.9. The first-order chi connectivity index (χ1) is 13.5. The highest BCUT2D eigenvalue weighted by atomic mass is 127. The molecule has 9 heteroatoms. The Morgan fingerprint density at radius 3 is 2.86 bits per heavy atom. The molecule has 29 heavy (non-hydrogen) atoms. The Bertz CT molecular complexity index is 862. The third-order valence-corrected chi connectivity index (χ3v) is 4.40. The molecule has 0 radical (unpaired) electrons. The van der Waals surface area contributed by atoms with Crippen LogP contribution in [0.4, 0.5) is 4.39 Å². The van der Waals surface area contributed by atoms with Gasteiger partial charge < -0.3 is 20.3 Å². The first kappa shape index (κ1) is 22.9. The van der Waals surface area contributed by atoms with E-state index in [1.54, 1.807) is 14.1 Å². The molecule has 1 unspecified atom stereocenters. The summed E-state index contributed by atoms with van der Waals surface area (Å²) in [4.78, 5) is 21.9. The van der Waals surface area contributed by atoms with E-state index in [0.717, 1.165) is 17.7 Å². The van der Waals surface area contributed by atoms with Gasteiger partial charge in [-0.25, -0.2) is 9.38 Å². The number of carbonyl (C=O) groups is 1. The van der Waals surface area contributed by atoms with Crippen LogP contribution in [0, 0.1) is 5.82 Å². The molecule has 0 bridgehead atoms. The van der Waals surface area contributed by atoms with Gasteiger partial charge in [0, 0.05) is 32.3 Å². The minimum atomic E-state index is -0.411. The molecular formula is C20H25FIN5O2. The predicted molar refractivity (Wildman–Crippen MR) is 120 cm³/mol. The van der Waals surface area contributed by atoms with Gasteiger partial charge in [-0.15, -0.1) is 24.0 Å². The van der Waals surface area contributed by atoms with Crippen LogP contribution < -0.4 is 15.4 Å². The zero-order valence-electron chi connectivity index (χ0n) is 16.4. The largest absolute Gasteiger partial charge is 0.493 e. The number of carbonyl (C=O) groups excluding carboxylic acids is 1. The minimum absolute atomic E-state index is 0. The van der Waals surface area contributed by atoms with Crippen molar-refractivity contribution < 1.29 is 13.9 Å². The number of amides is 1. The molecule has 1 amide bonds. The number of hydrogen-bond acceptors (Lipinski definition) is 4. The summed E-state index contributed by atoms with van der Waals surface area (Å²) < 4.78 is 19.6. The molecule has 0 saturated carbocycles. The molecule has 1 aromatic carbocycles. The molecule has 1 aliphatic heterocycles. The second kappa shape index (κ2) is 10.9. The fourth-order valence-electron chi connectivity index (χ4n) is 2.82. The molecule has 0 spiro atoms. The van der Waals surface area contributed by atoms with Gasteiger partial charge >= 0.3 is 0 Å². The lowest BCUT2D eigenvalue weighted by molar-refractivity contribution is -0.127. The number of aliphatic imine (C=N–C) groups is 1. The summed E-state index contributed by atoms with van der Waals surface area (Å²) in [7, 11) is 3.37. The molecule has 3 rings (SSSR count). The predicted octanol–water partition coefficient (Wildman–Crippen LogP) is 2.49. The average Bonchev–Trinajstić information content (AvgIpc) is 2.71. The maximum Gasteiger partial charge on any atom is 0.241 e. The third kappa shape index (κ3) is 6.28. The van der Waals surface area contributed by atoms with Gasteiger partial charge in [0.1, 0.15) is 11.6 Å². The van der Waals surface area contributed by atoms with Crippen molar-refractivity contribution in [1.82, 2.24) is 20.5 Å². The topological polar surface area (TPSA) is 78.9 Å². The van der Waals surface area contributed by atoms with Crippen LogP contribution in [0.5, 0.6) is 5.75 Å². The van der Waals surface area contributed by atoms with E-state index < -0.39 is 5.82 Å². The van der Waals surface area contributed by atoms with Crippen molar-refractivity contribution in [2.75, 3.05) is 27.2 Å². The van der Waals surface area contributed by atoms with Gasteiger partial charge in [-0.3, -0.25) is 9.78 Å². The lowest BCUT2D eigenvalue weighted by atomic mass is 10.0. The zero-order chi connectivity index (χ0) is 19.9. The van der Waals surface area contributed by atoms with Crippen molar-refractivity contribution in [3.63, 3.8) is 0 Å². The molecule has 7 nitrogen and oxygen atoms in total. The van der Waals surface area contributed by atoms with Crippen LogP contribution in [0.25, 0.3) is 0 Å². The fraction of sp³-hybridized carbons (Fsp3) is 0.350. The van der Waals surface area contributed by atoms with E-state index in [4.69, 9.17) is 4.74 Å². The molecule has 0 aliphatic carbocycles. The monoisotopic (exact) mass is 513 g/mol. The number of pyridine rings is 1. The van der Waals surface area contributed by atoms with Crippen LogP contribution in [0.1, 0.15) is 23.7 Å². The highest BCUT2D eigenvalue weighted by Crippen LogP contribution is 2.31. The number of likely N-dealkylation sites (N-methyl/N-ethyl adjacent to an activating group) is 1. The quantitative estimate of drug-likeness (QED) is 0.365. The molecule has 1 aromatic heterocycles. The second-order valence-electron chi connectivity index (χ2n) is 6.61. The Kier molecular flexibility index (Phi) is 8.62. The Balaban J connectivity index is 0.00000300. The lowest BCUT2D eigenvalue weighted by Gasteiger charge is -2.28. The van der Waals surface area contributed by atoms with Crippen LogP contribution >= 0.6 is 24.0 Å². The van der Waals surface area contributed by atoms with Crippen LogP contribution in [0.3, 0.4) is 0 Å². The summed E-state index contributed by atoms with van der Waals surface area (Å²) >= 11 is 0. The Morgan fingerprint density at radius 2 is 2.10 bits per heavy atom. The number of ether oxygens (including phenoxy) is 1. The number of hydrogen-bond donors (Lipinski definition) is 2. The van der Waals surface area contributed by atoms with Gasteiger partial charge in [0.15, 0.2) is 5.96 Å². The van der Waals surface area contributed by atoms with Crippen LogP contribution in [-0.4, -0.2) is 49.0 Å². The lowest BCUT2D eigenvalue weighted by Crippen LogP contribution is -2.45. The third-order valence-electron chi connectivity index (χ3n) is 4.40. The van der Waals surface area contributed by atoms with E-state index in [9.17, 15) is 9.18 Å². The molecule has 2 heterocycles. The van der Waals surface area contributed by atoms with E-state index in [-0.39, 0.29) is 54.7 Å². The Labute approximate surface area is 186 Å². The van der Waals surface area contributed by atoms with Crippen LogP contribution in [0.2, 0.25) is 0 Å². The van der Waals surface area contributed by atoms with Crippen molar-refractivity contribution in [1.29, 1.82) is 0 Å². The van der Waals surface area contributed by atoms with E-state index >= 15 is 0 Å². The van der Waals surface area contributed by atoms with Crippen LogP contribution in [-0.2, 0) is 11.3 Å². The number of para-hydroxylation sites is 1. The number of nitrogens with one attached hydrogen (secondary N) is 2. The van der Waals surface area contributed by atoms with Gasteiger partial charge in [0.05, 0.1) is 31.4 Å². The molecule has 1 atom stereocenters. The summed E-state index contributed by atoms with van der Waals surface area (Å²) in [5.41, 5.74) is 1.26. The van der Waals surface area contributed by atoms with Crippen LogP contribution in [0.15, 0.2) is 47.6 Å². The van der Waals surface area contributed by atoms with Gasteiger partial charge in [0.2, 0.25) is 5.91 Å². The summed E-state index contributed by atoms with van der Waals surface area (Å²) in [6.45, 7) is 0.713. The standard InChI is InChI=1S/C20H24FN5O2.HI/c1-26(2)19(27)13-24-20(23-12-17-15(21)7-5-10-22-17)25-16-9-11-28-18-8-4-3-6-14(16)18;/h3-8,10,16H,9,11-13H2,1-2H3,(H2,23,24,25);1H. The fourth-order valence-corrected chi connectivity index (χ4v) is 2.82. The molecular weight excluding hydrogens is 488 g/mol. The highest BCUT2D eigenvalue weighted by Gasteiger charge is 2.22. The summed E-state index contributed by atoms with van der Waals surface area (Å²) in [6.07, 6.45) is 2.27. The number of halogens is 2. The van der Waals surface area contributed by atoms with E-state index in [1.165, 1.54) is 23.2 Å². The van der Waals surface area contributed by atoms with Gasteiger partial charge in [0.25, 0.3) is 0 Å². The number of rotatable bonds is 5. The van der Waals surface area contributed by atoms with Crippen molar-refractivity contribution >= 4 is 35.8 Å². The number of nitrogens with zero attached hydrogens (tertiary/aromatic N) is 3. The Hall–Kier alpha value is -2.43. The number of benzene rings is 1. The SMILES string of the molecule is CN(C)C(=O)CNC(=NCc1ncccc1F)NC1CCOc2ccccc21.I. The van der Waals surface area contributed by atoms with Gasteiger partial charge in [-0.05, 0) is 18.2 Å². The van der Waals surface area contributed by atoms with E-state index in [2.05, 4.69) is 20.6 Å². The van der Waals surface area contributed by atoms with E-state index in [1.807, 2.05) is 24.3 Å². The molecule has 0 fully saturated rings. The summed E-state index contributed by atoms with van der Waals surface area (Å²) in [6, 6.07) is 10.6. The Morgan fingerprint density at radius 1 is 1.31 bits per heavy atom. The summed E-state index contributed by atoms with van der Waals surface area (Å²) in [5, 5.41) is 6.36. The van der Waals surface area contributed by atoms with Crippen molar-refractivity contribution in [3.05, 3.63) is 59.7 Å². The second-order valence-corrected chi connectivity index (χ2v) is 6.61. The molecule has 0 saturated heterocycles. The minimum Gasteiger partial charge on any atom is -0.493 e. The smallest absolute Gasteiger partial charge is 0.241 e. The molecule has 2 aromatic rings. The van der Waals surface area contributed by atoms with E-state index in [0.29, 0.717) is 12.6 Å². The maximum absolute atomic E-state index is 13.9. The van der Waals surface area contributed by atoms with Crippen molar-refractivity contribution in [2.24, 2.45) is 4.99 Å². The van der Waals surface area contributed by atoms with Crippen molar-refractivity contribution in [2.45, 2.75) is 19.0 Å². The van der Waals surface area contributed by atoms with Gasteiger partial charge in [-0.1, -0.05) is 18.2 Å². The average molecular weight is 513 g/mol. The summed E-state index contributed by atoms with van der Waals surface area (Å²) in [5.74, 6) is 0.741.